The molecule has 0 unspecified atom stereocenters. The van der Waals surface area contributed by atoms with Crippen LogP contribution in [0, 0.1) is 0 Å². The molecule has 492 valence electrons. The van der Waals surface area contributed by atoms with Gasteiger partial charge in [0.15, 0.2) is 0 Å². The van der Waals surface area contributed by atoms with Crippen molar-refractivity contribution >= 4 is 116 Å². The van der Waals surface area contributed by atoms with E-state index < -0.39 is 7.12 Å². The van der Waals surface area contributed by atoms with Crippen molar-refractivity contribution < 1.29 is 10.0 Å². The fraction of sp³-hybridized carbons (Fsp3) is 0. The van der Waals surface area contributed by atoms with Crippen LogP contribution in [0.1, 0.15) is 0 Å². The number of aromatic nitrogens is 10. The number of halogens is 1. The van der Waals surface area contributed by atoms with Gasteiger partial charge in [0, 0.05) is 82.8 Å². The second kappa shape index (κ2) is 27.0. The lowest BCUT2D eigenvalue weighted by Gasteiger charge is -2.12. The van der Waals surface area contributed by atoms with E-state index in [4.69, 9.17) is 24.9 Å². The summed E-state index contributed by atoms with van der Waals surface area (Å²) in [6.07, 6.45) is 3.72. The molecule has 12 nitrogen and oxygen atoms in total. The van der Waals surface area contributed by atoms with E-state index in [9.17, 15) is 10.0 Å². The van der Waals surface area contributed by atoms with Crippen molar-refractivity contribution in [2.45, 2.75) is 0 Å². The molecule has 0 aliphatic carbocycles. The molecule has 0 saturated heterocycles. The van der Waals surface area contributed by atoms with E-state index in [1.165, 1.54) is 10.9 Å². The third-order valence-electron chi connectivity index (χ3n) is 19.1. The Bertz CT molecular complexity index is 6470. The van der Waals surface area contributed by atoms with E-state index in [0.29, 0.717) is 17.4 Å². The van der Waals surface area contributed by atoms with Crippen molar-refractivity contribution in [2.24, 2.45) is 0 Å². The minimum absolute atomic E-state index is 0.444. The molecule has 8 heterocycles. The normalized spacial score (nSPS) is 11.4. The average molecular weight is 1400 g/mol. The van der Waals surface area contributed by atoms with Gasteiger partial charge in [0.05, 0.1) is 77.9 Å². The minimum Gasteiger partial charge on any atom is -0.423 e. The zero-order chi connectivity index (χ0) is 69.6. The van der Waals surface area contributed by atoms with Crippen molar-refractivity contribution in [3.05, 3.63) is 357 Å². The monoisotopic (exact) mass is 1400 g/mol. The van der Waals surface area contributed by atoms with Gasteiger partial charge in [0.1, 0.15) is 0 Å². The lowest BCUT2D eigenvalue weighted by atomic mass is 9.80. The molecule has 12 aromatic carbocycles. The van der Waals surface area contributed by atoms with Crippen LogP contribution in [0.5, 0.6) is 0 Å². The summed E-state index contributed by atoms with van der Waals surface area (Å²) in [5.41, 5.74) is 23.1. The minimum atomic E-state index is -1.53. The van der Waals surface area contributed by atoms with Crippen LogP contribution in [-0.4, -0.2) is 65.3 Å². The molecule has 104 heavy (non-hydrogen) atoms. The summed E-state index contributed by atoms with van der Waals surface area (Å²) in [6.45, 7) is 0. The van der Waals surface area contributed by atoms with Crippen LogP contribution in [0.2, 0.25) is 0 Å². The number of rotatable bonds is 10. The van der Waals surface area contributed by atoms with E-state index in [1.807, 2.05) is 150 Å². The first-order valence-corrected chi connectivity index (χ1v) is 35.1. The quantitative estimate of drug-likeness (QED) is 0.129. The van der Waals surface area contributed by atoms with Crippen LogP contribution < -0.4 is 5.46 Å². The van der Waals surface area contributed by atoms with Gasteiger partial charge in [-0.3, -0.25) is 19.1 Å². The van der Waals surface area contributed by atoms with Crippen molar-refractivity contribution in [1.82, 2.24) is 48.2 Å². The number of hydrogen-bond donors (Lipinski definition) is 2. The van der Waals surface area contributed by atoms with E-state index in [0.717, 1.165) is 149 Å². The van der Waals surface area contributed by atoms with Gasteiger partial charge in [-0.15, -0.1) is 0 Å². The van der Waals surface area contributed by atoms with Crippen LogP contribution in [0.3, 0.4) is 0 Å². The van der Waals surface area contributed by atoms with Crippen LogP contribution in [-0.2, 0) is 0 Å². The molecular weight excluding hydrogens is 1340 g/mol. The van der Waals surface area contributed by atoms with Crippen LogP contribution in [0.4, 0.5) is 0 Å². The summed E-state index contributed by atoms with van der Waals surface area (Å²) in [6, 6.07) is 116. The zero-order valence-electron chi connectivity index (χ0n) is 55.8. The third kappa shape index (κ3) is 11.6. The first-order chi connectivity index (χ1) is 51.3. The Morgan fingerprint density at radius 1 is 0.250 bits per heavy atom. The summed E-state index contributed by atoms with van der Waals surface area (Å²) in [4.78, 5) is 29.7. The van der Waals surface area contributed by atoms with Crippen molar-refractivity contribution in [3.8, 4) is 79.4 Å². The Morgan fingerprint density at radius 3 is 1.06 bits per heavy atom. The van der Waals surface area contributed by atoms with Gasteiger partial charge in [0.2, 0.25) is 11.9 Å². The summed E-state index contributed by atoms with van der Waals surface area (Å²) >= 11 is 3.56. The summed E-state index contributed by atoms with van der Waals surface area (Å²) in [7, 11) is -1.53. The molecule has 0 atom stereocenters. The molecule has 2 N–H and O–H groups in total. The predicted octanol–water partition coefficient (Wildman–Crippen LogP) is 20.6. The second-order valence-corrected chi connectivity index (χ2v) is 26.3. The van der Waals surface area contributed by atoms with Gasteiger partial charge in [-0.25, -0.2) is 19.9 Å². The smallest absolute Gasteiger partial charge is 0.423 e. The van der Waals surface area contributed by atoms with Gasteiger partial charge in [-0.1, -0.05) is 234 Å². The van der Waals surface area contributed by atoms with Crippen LogP contribution >= 0.6 is 15.9 Å². The molecule has 0 aliphatic rings. The summed E-state index contributed by atoms with van der Waals surface area (Å²) < 4.78 is 9.88. The highest BCUT2D eigenvalue weighted by Gasteiger charge is 2.23. The van der Waals surface area contributed by atoms with Crippen LogP contribution in [0.25, 0.3) is 167 Å². The van der Waals surface area contributed by atoms with E-state index in [2.05, 4.69) is 235 Å². The number of fused-ring (bicyclic) bond motifs is 12. The Hall–Kier alpha value is -13.2. The fourth-order valence-electron chi connectivity index (χ4n) is 14.4. The maximum atomic E-state index is 9.73. The highest BCUT2D eigenvalue weighted by Crippen LogP contribution is 2.40. The Kier molecular flexibility index (Phi) is 16.4. The van der Waals surface area contributed by atoms with Crippen molar-refractivity contribution in [3.63, 3.8) is 0 Å². The zero-order valence-corrected chi connectivity index (χ0v) is 57.4. The highest BCUT2D eigenvalue weighted by molar-refractivity contribution is 9.10. The van der Waals surface area contributed by atoms with E-state index in [-0.39, 0.29) is 0 Å². The van der Waals surface area contributed by atoms with Gasteiger partial charge in [-0.05, 0) is 138 Å². The largest absolute Gasteiger partial charge is 0.488 e. The molecule has 20 aromatic rings. The molecule has 20 rings (SSSR count). The molecule has 0 saturated carbocycles. The van der Waals surface area contributed by atoms with Crippen molar-refractivity contribution in [1.29, 1.82) is 0 Å². The lowest BCUT2D eigenvalue weighted by Crippen LogP contribution is -2.29. The molecule has 0 aliphatic heterocycles. The lowest BCUT2D eigenvalue weighted by molar-refractivity contribution is 0.426. The molecule has 0 amide bonds. The SMILES string of the molecule is Brc1ccc2c3ncccc3n(-c3ccccc3)c2c1.OB(O)c1ccc2c(c1)c1ccccc1n2-c1nc(-c2ccccc2)cc(-c2ccccc2)n1.c1ccc(-c2cc(-c3ccccc3)nc(-n3c4ccccc4c4cc(-c5ccc6c7ncccc7n(-c7ccccc7)c6c5)ccc43)n2)cc1. The molecular formula is C90H60BBrN10O2. The molecule has 8 aromatic heterocycles. The maximum absolute atomic E-state index is 9.73. The standard InChI is InChI=1S/C45H29N5.C28H20BN3O2.C17H11BrN2/c1-4-13-30(14-5-1)38-29-39(31-15-6-2-7-16-31)48-45(47-38)50-40-20-11-10-19-35(40)37-27-32(23-25-41(37)50)33-22-24-36-43(28-33)49(34-17-8-3-9-18-34)42-21-12-26-46-44(36)42;33-29(34)21-15-16-27-23(17-21)22-13-7-8-14-26(22)32(27)28-30-24(19-9-3-1-4-10-19)18-25(31-28)20-11-5-2-6-12-20;18-12-8-9-14-16(11-12)20(13-5-2-1-3-6-13)15-7-4-10-19-17(14)15/h1-29H;1-18,33-34H;1-11H. The van der Waals surface area contributed by atoms with Gasteiger partial charge >= 0.3 is 7.12 Å². The maximum Gasteiger partial charge on any atom is 0.488 e. The number of nitrogens with zero attached hydrogens (tertiary/aromatic N) is 10. The number of para-hydroxylation sites is 4. The molecule has 0 bridgehead atoms. The van der Waals surface area contributed by atoms with Crippen LogP contribution in [0.15, 0.2) is 357 Å². The molecule has 0 spiro atoms. The topological polar surface area (TPSA) is 138 Å². The highest BCUT2D eigenvalue weighted by atomic mass is 79.9. The Balaban J connectivity index is 0.000000122. The van der Waals surface area contributed by atoms with Gasteiger partial charge in [0.25, 0.3) is 0 Å². The molecule has 0 radical (unpaired) electrons. The van der Waals surface area contributed by atoms with E-state index in [1.54, 1.807) is 6.07 Å². The average Bonchev–Trinajstić information content (AvgIpc) is 1.59. The third-order valence-corrected chi connectivity index (χ3v) is 19.6. The second-order valence-electron chi connectivity index (χ2n) is 25.4. The molecule has 0 fully saturated rings. The number of benzene rings is 12. The number of hydrogen-bond acceptors (Lipinski definition) is 8. The van der Waals surface area contributed by atoms with Gasteiger partial charge in [-0.2, -0.15) is 0 Å². The number of pyridine rings is 2. The summed E-state index contributed by atoms with van der Waals surface area (Å²) in [5, 5.41) is 26.0. The summed E-state index contributed by atoms with van der Waals surface area (Å²) in [5.74, 6) is 1.20. The van der Waals surface area contributed by atoms with E-state index >= 15 is 0 Å². The first-order valence-electron chi connectivity index (χ1n) is 34.3. The predicted molar refractivity (Wildman–Crippen MR) is 428 cm³/mol. The Morgan fingerprint density at radius 2 is 0.606 bits per heavy atom. The fourth-order valence-corrected chi connectivity index (χ4v) is 14.7. The first kappa shape index (κ1) is 63.0. The molecule has 14 heteroatoms. The van der Waals surface area contributed by atoms with Crippen molar-refractivity contribution in [2.75, 3.05) is 0 Å². The van der Waals surface area contributed by atoms with Gasteiger partial charge < -0.3 is 19.2 Å². The Labute approximate surface area is 606 Å².